The van der Waals surface area contributed by atoms with Crippen molar-refractivity contribution in [1.29, 1.82) is 0 Å². The molecule has 0 radical (unpaired) electrons. The van der Waals surface area contributed by atoms with Crippen LogP contribution in [0.5, 0.6) is 0 Å². The van der Waals surface area contributed by atoms with E-state index in [0.29, 0.717) is 6.10 Å². The number of aromatic nitrogens is 1. The quantitative estimate of drug-likeness (QED) is 0.758. The largest absolute Gasteiger partial charge is 0.349 e. The monoisotopic (exact) mass is 355 g/mol. The second-order valence-electron chi connectivity index (χ2n) is 6.05. The zero-order valence-corrected chi connectivity index (χ0v) is 14.5. The van der Waals surface area contributed by atoms with Crippen LogP contribution in [0.1, 0.15) is 63.5 Å². The molecule has 1 saturated carbocycles. The van der Waals surface area contributed by atoms with Crippen LogP contribution in [-0.2, 0) is 9.47 Å². The summed E-state index contributed by atoms with van der Waals surface area (Å²) < 4.78 is 12.3. The van der Waals surface area contributed by atoms with Crippen molar-refractivity contribution < 1.29 is 9.47 Å². The average Bonchev–Trinajstić information content (AvgIpc) is 3.16. The van der Waals surface area contributed by atoms with E-state index in [2.05, 4.69) is 18.0 Å². The van der Waals surface area contributed by atoms with Crippen molar-refractivity contribution >= 4 is 17.0 Å². The standard InChI is InChI=1S/C17H25NO2.BrH/c1-2-15(14-8-5-11-18-12-14)19-17-10-9-16(20-17)13-6-3-4-7-13;/h5,8,11-13,15-17H,2-4,6-7,9-10H2,1H3;1H. The van der Waals surface area contributed by atoms with E-state index in [1.54, 1.807) is 6.20 Å². The summed E-state index contributed by atoms with van der Waals surface area (Å²) in [4.78, 5) is 4.19. The Kier molecular flexibility index (Phi) is 6.65. The van der Waals surface area contributed by atoms with Gasteiger partial charge in [-0.05, 0) is 43.2 Å². The molecule has 1 aromatic heterocycles. The van der Waals surface area contributed by atoms with Gasteiger partial charge >= 0.3 is 0 Å². The van der Waals surface area contributed by atoms with Crippen molar-refractivity contribution in [2.45, 2.75) is 70.4 Å². The van der Waals surface area contributed by atoms with Crippen LogP contribution in [0.3, 0.4) is 0 Å². The Morgan fingerprint density at radius 2 is 2.10 bits per heavy atom. The molecule has 0 spiro atoms. The lowest BCUT2D eigenvalue weighted by Gasteiger charge is -2.23. The van der Waals surface area contributed by atoms with Gasteiger partial charge in [0.2, 0.25) is 0 Å². The molecule has 21 heavy (non-hydrogen) atoms. The number of ether oxygens (including phenoxy) is 2. The van der Waals surface area contributed by atoms with Crippen molar-refractivity contribution in [2.75, 3.05) is 0 Å². The second kappa shape index (κ2) is 8.25. The van der Waals surface area contributed by atoms with Crippen LogP contribution in [0.25, 0.3) is 0 Å². The molecule has 3 nitrogen and oxygen atoms in total. The Morgan fingerprint density at radius 1 is 1.29 bits per heavy atom. The molecule has 2 fully saturated rings. The molecule has 1 aromatic rings. The molecule has 0 amide bonds. The molecule has 3 rings (SSSR count). The minimum absolute atomic E-state index is 0. The first-order valence-corrected chi connectivity index (χ1v) is 8.07. The normalized spacial score (nSPS) is 27.5. The average molecular weight is 356 g/mol. The van der Waals surface area contributed by atoms with Crippen LogP contribution in [0.15, 0.2) is 24.5 Å². The van der Waals surface area contributed by atoms with E-state index in [-0.39, 0.29) is 29.4 Å². The van der Waals surface area contributed by atoms with Crippen molar-refractivity contribution in [2.24, 2.45) is 5.92 Å². The highest BCUT2D eigenvalue weighted by atomic mass is 79.9. The van der Waals surface area contributed by atoms with Crippen LogP contribution >= 0.6 is 17.0 Å². The Labute approximate surface area is 138 Å². The molecule has 3 atom stereocenters. The summed E-state index contributed by atoms with van der Waals surface area (Å²) in [6.45, 7) is 2.15. The van der Waals surface area contributed by atoms with Crippen molar-refractivity contribution in [3.63, 3.8) is 0 Å². The molecular formula is C17H26BrNO2. The van der Waals surface area contributed by atoms with Gasteiger partial charge in [-0.15, -0.1) is 17.0 Å². The molecule has 2 heterocycles. The zero-order chi connectivity index (χ0) is 13.8. The molecule has 1 saturated heterocycles. The summed E-state index contributed by atoms with van der Waals surface area (Å²) >= 11 is 0. The minimum Gasteiger partial charge on any atom is -0.349 e. The highest BCUT2D eigenvalue weighted by Gasteiger charge is 2.34. The zero-order valence-electron chi connectivity index (χ0n) is 12.7. The molecule has 0 bridgehead atoms. The molecule has 1 aliphatic carbocycles. The first-order chi connectivity index (χ1) is 9.86. The number of pyridine rings is 1. The third-order valence-corrected chi connectivity index (χ3v) is 4.68. The van der Waals surface area contributed by atoms with Crippen LogP contribution in [0, 0.1) is 5.92 Å². The summed E-state index contributed by atoms with van der Waals surface area (Å²) in [7, 11) is 0. The fraction of sp³-hybridized carbons (Fsp3) is 0.706. The lowest BCUT2D eigenvalue weighted by Crippen LogP contribution is -2.21. The van der Waals surface area contributed by atoms with Gasteiger partial charge in [-0.25, -0.2) is 0 Å². The summed E-state index contributed by atoms with van der Waals surface area (Å²) in [5.41, 5.74) is 1.16. The van der Waals surface area contributed by atoms with E-state index in [9.17, 15) is 0 Å². The molecule has 3 unspecified atom stereocenters. The van der Waals surface area contributed by atoms with Crippen LogP contribution in [0.4, 0.5) is 0 Å². The molecule has 0 aromatic carbocycles. The van der Waals surface area contributed by atoms with E-state index in [1.165, 1.54) is 32.1 Å². The van der Waals surface area contributed by atoms with Gasteiger partial charge in [0.1, 0.15) is 0 Å². The molecule has 1 aliphatic heterocycles. The van der Waals surface area contributed by atoms with Gasteiger partial charge in [0, 0.05) is 18.8 Å². The Hall–Kier alpha value is -0.450. The lowest BCUT2D eigenvalue weighted by molar-refractivity contribution is -0.172. The molecular weight excluding hydrogens is 330 g/mol. The highest BCUT2D eigenvalue weighted by molar-refractivity contribution is 8.93. The smallest absolute Gasteiger partial charge is 0.158 e. The van der Waals surface area contributed by atoms with Gasteiger partial charge in [0.25, 0.3) is 0 Å². The fourth-order valence-electron chi connectivity index (χ4n) is 3.57. The SMILES string of the molecule is Br.CCC(OC1CCC(C2CCCC2)O1)c1cccnc1. The second-order valence-corrected chi connectivity index (χ2v) is 6.05. The topological polar surface area (TPSA) is 31.4 Å². The number of halogens is 1. The Balaban J connectivity index is 0.00000161. The molecule has 0 N–H and O–H groups in total. The maximum atomic E-state index is 6.17. The van der Waals surface area contributed by atoms with Crippen LogP contribution in [-0.4, -0.2) is 17.4 Å². The first-order valence-electron chi connectivity index (χ1n) is 8.07. The Morgan fingerprint density at radius 3 is 2.76 bits per heavy atom. The van der Waals surface area contributed by atoms with Gasteiger partial charge in [-0.1, -0.05) is 25.8 Å². The van der Waals surface area contributed by atoms with Crippen molar-refractivity contribution in [1.82, 2.24) is 4.98 Å². The van der Waals surface area contributed by atoms with Gasteiger partial charge < -0.3 is 9.47 Å². The van der Waals surface area contributed by atoms with E-state index in [0.717, 1.165) is 24.3 Å². The van der Waals surface area contributed by atoms with Gasteiger partial charge in [0.05, 0.1) is 12.2 Å². The predicted molar refractivity (Wildman–Crippen MR) is 88.5 cm³/mol. The fourth-order valence-corrected chi connectivity index (χ4v) is 3.57. The summed E-state index contributed by atoms with van der Waals surface area (Å²) in [6, 6.07) is 4.06. The van der Waals surface area contributed by atoms with Crippen LogP contribution < -0.4 is 0 Å². The molecule has 118 valence electrons. The highest BCUT2D eigenvalue weighted by Crippen LogP contribution is 2.37. The predicted octanol–water partition coefficient (Wildman–Crippen LogP) is 4.82. The van der Waals surface area contributed by atoms with Gasteiger partial charge in [-0.2, -0.15) is 0 Å². The molecule has 4 heteroatoms. The summed E-state index contributed by atoms with van der Waals surface area (Å²) in [6.07, 6.45) is 12.8. The lowest BCUT2D eigenvalue weighted by atomic mass is 9.99. The summed E-state index contributed by atoms with van der Waals surface area (Å²) in [5, 5.41) is 0. The van der Waals surface area contributed by atoms with E-state index in [4.69, 9.17) is 9.47 Å². The minimum atomic E-state index is -0.0224. The van der Waals surface area contributed by atoms with E-state index in [1.807, 2.05) is 12.3 Å². The number of rotatable bonds is 5. The number of hydrogen-bond acceptors (Lipinski definition) is 3. The third-order valence-electron chi connectivity index (χ3n) is 4.68. The van der Waals surface area contributed by atoms with E-state index >= 15 is 0 Å². The molecule has 2 aliphatic rings. The number of hydrogen-bond donors (Lipinski definition) is 0. The third kappa shape index (κ3) is 4.27. The number of nitrogens with zero attached hydrogens (tertiary/aromatic N) is 1. The van der Waals surface area contributed by atoms with Gasteiger partial charge in [-0.3, -0.25) is 4.98 Å². The first kappa shape index (κ1) is 16.9. The van der Waals surface area contributed by atoms with E-state index < -0.39 is 0 Å². The maximum Gasteiger partial charge on any atom is 0.158 e. The van der Waals surface area contributed by atoms with Crippen molar-refractivity contribution in [3.8, 4) is 0 Å². The van der Waals surface area contributed by atoms with Crippen molar-refractivity contribution in [3.05, 3.63) is 30.1 Å². The van der Waals surface area contributed by atoms with Gasteiger partial charge in [0.15, 0.2) is 6.29 Å². The summed E-state index contributed by atoms with van der Waals surface area (Å²) in [5.74, 6) is 0.780. The Bertz CT molecular complexity index is 409. The van der Waals surface area contributed by atoms with Crippen LogP contribution in [0.2, 0.25) is 0 Å². The maximum absolute atomic E-state index is 6.17.